The van der Waals surface area contributed by atoms with Gasteiger partial charge in [-0.15, -0.1) is 0 Å². The quantitative estimate of drug-likeness (QED) is 0.850. The molecule has 2 amide bonds. The predicted octanol–water partition coefficient (Wildman–Crippen LogP) is 1.35. The number of nitrogens with zero attached hydrogens (tertiary/aromatic N) is 2. The van der Waals surface area contributed by atoms with Gasteiger partial charge in [0.15, 0.2) is 0 Å². The second-order valence-corrected chi connectivity index (χ2v) is 6.82. The van der Waals surface area contributed by atoms with Crippen LogP contribution in [0.4, 0.5) is 0 Å². The molecule has 0 bridgehead atoms. The van der Waals surface area contributed by atoms with Crippen LogP contribution in [0.25, 0.3) is 0 Å². The Morgan fingerprint density at radius 1 is 1.27 bits per heavy atom. The van der Waals surface area contributed by atoms with E-state index in [-0.39, 0.29) is 24.3 Å². The topological polar surface area (TPSA) is 77.9 Å². The van der Waals surface area contributed by atoms with Crippen molar-refractivity contribution in [1.29, 1.82) is 0 Å². The third kappa shape index (κ3) is 3.42. The van der Waals surface area contributed by atoms with E-state index in [0.29, 0.717) is 12.5 Å². The summed E-state index contributed by atoms with van der Waals surface area (Å²) in [5.74, 6) is -0.921. The van der Waals surface area contributed by atoms with Crippen LogP contribution < -0.4 is 0 Å². The highest BCUT2D eigenvalue weighted by atomic mass is 16.4. The third-order valence-corrected chi connectivity index (χ3v) is 5.22. The number of amides is 2. The molecule has 6 heteroatoms. The zero-order valence-electron chi connectivity index (χ0n) is 13.6. The molecule has 1 saturated carbocycles. The molecule has 0 spiro atoms. The Balaban J connectivity index is 1.97. The lowest BCUT2D eigenvalue weighted by Gasteiger charge is -2.34. The number of carboxylic acid groups (broad SMARTS) is 1. The molecule has 0 aromatic carbocycles. The van der Waals surface area contributed by atoms with Crippen molar-refractivity contribution in [2.24, 2.45) is 11.8 Å². The van der Waals surface area contributed by atoms with E-state index in [2.05, 4.69) is 6.92 Å². The molecular weight excluding hydrogens is 284 g/mol. The maximum absolute atomic E-state index is 12.4. The number of hydrogen-bond donors (Lipinski definition) is 1. The van der Waals surface area contributed by atoms with Crippen LogP contribution in [0.1, 0.15) is 46.0 Å². The predicted molar refractivity (Wildman–Crippen MR) is 81.1 cm³/mol. The van der Waals surface area contributed by atoms with Crippen molar-refractivity contribution >= 4 is 17.8 Å². The fourth-order valence-corrected chi connectivity index (χ4v) is 3.45. The van der Waals surface area contributed by atoms with Crippen LogP contribution in [0.15, 0.2) is 0 Å². The summed E-state index contributed by atoms with van der Waals surface area (Å²) in [5.41, 5.74) is 0. The zero-order chi connectivity index (χ0) is 16.4. The van der Waals surface area contributed by atoms with E-state index in [9.17, 15) is 14.4 Å². The van der Waals surface area contributed by atoms with Gasteiger partial charge in [0.05, 0.1) is 5.92 Å². The summed E-state index contributed by atoms with van der Waals surface area (Å²) >= 11 is 0. The maximum atomic E-state index is 12.4. The first-order valence-corrected chi connectivity index (χ1v) is 8.10. The molecule has 2 rings (SSSR count). The van der Waals surface area contributed by atoms with Gasteiger partial charge in [0.1, 0.15) is 6.04 Å². The number of carboxylic acids is 1. The maximum Gasteiger partial charge on any atom is 0.326 e. The molecule has 0 aromatic heterocycles. The molecule has 1 heterocycles. The fourth-order valence-electron chi connectivity index (χ4n) is 3.45. The highest BCUT2D eigenvalue weighted by molar-refractivity contribution is 5.91. The van der Waals surface area contributed by atoms with Crippen molar-refractivity contribution in [3.8, 4) is 0 Å². The molecule has 2 aliphatic rings. The summed E-state index contributed by atoms with van der Waals surface area (Å²) in [6, 6.07) is -0.615. The molecular formula is C16H26N2O4. The lowest BCUT2D eigenvalue weighted by Crippen LogP contribution is -2.44. The molecule has 1 aliphatic heterocycles. The lowest BCUT2D eigenvalue weighted by molar-refractivity contribution is -0.149. The Hall–Kier alpha value is -1.59. The SMILES string of the molecule is CC1CCC(N2CC(C(=O)N(C)C(C)C(=O)O)CC2=O)CC1. The van der Waals surface area contributed by atoms with E-state index in [0.717, 1.165) is 25.7 Å². The van der Waals surface area contributed by atoms with Crippen molar-refractivity contribution in [2.75, 3.05) is 13.6 Å². The highest BCUT2D eigenvalue weighted by Crippen LogP contribution is 2.31. The normalized spacial score (nSPS) is 30.2. The first kappa shape index (κ1) is 16.8. The van der Waals surface area contributed by atoms with Gasteiger partial charge in [-0.3, -0.25) is 9.59 Å². The van der Waals surface area contributed by atoms with E-state index in [1.165, 1.54) is 18.9 Å². The minimum Gasteiger partial charge on any atom is -0.480 e. The van der Waals surface area contributed by atoms with Gasteiger partial charge in [0.25, 0.3) is 0 Å². The first-order chi connectivity index (χ1) is 10.3. The molecule has 22 heavy (non-hydrogen) atoms. The summed E-state index contributed by atoms with van der Waals surface area (Å²) < 4.78 is 0. The van der Waals surface area contributed by atoms with Crippen molar-refractivity contribution < 1.29 is 19.5 Å². The summed E-state index contributed by atoms with van der Waals surface area (Å²) in [6.45, 7) is 4.15. The Bertz CT molecular complexity index is 457. The van der Waals surface area contributed by atoms with Gasteiger partial charge in [0, 0.05) is 26.1 Å². The van der Waals surface area contributed by atoms with E-state index < -0.39 is 17.9 Å². The average molecular weight is 310 g/mol. The van der Waals surface area contributed by atoms with Gasteiger partial charge in [0.2, 0.25) is 11.8 Å². The number of likely N-dealkylation sites (tertiary alicyclic amines) is 1. The summed E-state index contributed by atoms with van der Waals surface area (Å²) in [5, 5.41) is 9.01. The van der Waals surface area contributed by atoms with Gasteiger partial charge in [-0.2, -0.15) is 0 Å². The van der Waals surface area contributed by atoms with Crippen LogP contribution in [0.3, 0.4) is 0 Å². The molecule has 1 N–H and O–H groups in total. The summed E-state index contributed by atoms with van der Waals surface area (Å²) in [7, 11) is 1.50. The number of hydrogen-bond acceptors (Lipinski definition) is 3. The van der Waals surface area contributed by atoms with Gasteiger partial charge >= 0.3 is 5.97 Å². The Morgan fingerprint density at radius 3 is 2.41 bits per heavy atom. The largest absolute Gasteiger partial charge is 0.480 e. The Morgan fingerprint density at radius 2 is 1.86 bits per heavy atom. The van der Waals surface area contributed by atoms with Crippen LogP contribution in [0.2, 0.25) is 0 Å². The number of carbonyl (C=O) groups excluding carboxylic acids is 2. The van der Waals surface area contributed by atoms with Crippen molar-refractivity contribution in [2.45, 2.75) is 58.0 Å². The van der Waals surface area contributed by atoms with Gasteiger partial charge in [-0.1, -0.05) is 6.92 Å². The third-order valence-electron chi connectivity index (χ3n) is 5.22. The van der Waals surface area contributed by atoms with Crippen molar-refractivity contribution in [1.82, 2.24) is 9.80 Å². The van der Waals surface area contributed by atoms with Crippen LogP contribution >= 0.6 is 0 Å². The fraction of sp³-hybridized carbons (Fsp3) is 0.812. The molecule has 6 nitrogen and oxygen atoms in total. The molecule has 0 aromatic rings. The summed E-state index contributed by atoms with van der Waals surface area (Å²) in [6.07, 6.45) is 4.48. The second-order valence-electron chi connectivity index (χ2n) is 6.82. The standard InChI is InChI=1S/C16H26N2O4/c1-10-4-6-13(7-5-10)18-9-12(8-14(18)19)15(20)17(3)11(2)16(21)22/h10-13H,4-9H2,1-3H3,(H,21,22). The van der Waals surface area contributed by atoms with E-state index in [1.807, 2.05) is 4.90 Å². The van der Waals surface area contributed by atoms with Crippen LogP contribution in [0, 0.1) is 11.8 Å². The Labute approximate surface area is 131 Å². The zero-order valence-corrected chi connectivity index (χ0v) is 13.6. The van der Waals surface area contributed by atoms with Gasteiger partial charge < -0.3 is 14.9 Å². The van der Waals surface area contributed by atoms with E-state index >= 15 is 0 Å². The van der Waals surface area contributed by atoms with Crippen LogP contribution in [0.5, 0.6) is 0 Å². The summed E-state index contributed by atoms with van der Waals surface area (Å²) in [4.78, 5) is 38.7. The molecule has 124 valence electrons. The molecule has 2 unspecified atom stereocenters. The number of carbonyl (C=O) groups is 3. The number of rotatable bonds is 4. The van der Waals surface area contributed by atoms with Gasteiger partial charge in [-0.05, 0) is 38.5 Å². The van der Waals surface area contributed by atoms with Gasteiger partial charge in [-0.25, -0.2) is 4.79 Å². The van der Waals surface area contributed by atoms with Crippen molar-refractivity contribution in [3.63, 3.8) is 0 Å². The number of aliphatic carboxylic acids is 1. The Kier molecular flexibility index (Phi) is 5.08. The lowest BCUT2D eigenvalue weighted by atomic mass is 9.86. The average Bonchev–Trinajstić information content (AvgIpc) is 2.87. The van der Waals surface area contributed by atoms with E-state index in [1.54, 1.807) is 0 Å². The molecule has 2 atom stereocenters. The first-order valence-electron chi connectivity index (χ1n) is 8.10. The van der Waals surface area contributed by atoms with E-state index in [4.69, 9.17) is 5.11 Å². The molecule has 2 fully saturated rings. The number of likely N-dealkylation sites (N-methyl/N-ethyl adjacent to an activating group) is 1. The smallest absolute Gasteiger partial charge is 0.326 e. The monoisotopic (exact) mass is 310 g/mol. The molecule has 1 saturated heterocycles. The second kappa shape index (κ2) is 6.67. The highest BCUT2D eigenvalue weighted by Gasteiger charge is 2.40. The minimum atomic E-state index is -1.03. The molecule has 0 radical (unpaired) electrons. The molecule has 1 aliphatic carbocycles. The minimum absolute atomic E-state index is 0.0364. The van der Waals surface area contributed by atoms with Crippen LogP contribution in [-0.4, -0.2) is 58.4 Å². The van der Waals surface area contributed by atoms with Crippen molar-refractivity contribution in [3.05, 3.63) is 0 Å². The van der Waals surface area contributed by atoms with Crippen LogP contribution in [-0.2, 0) is 14.4 Å².